The molecule has 0 bridgehead atoms. The van der Waals surface area contributed by atoms with E-state index in [1.54, 1.807) is 14.0 Å². The number of carbonyl (C=O) groups excluding carboxylic acids is 1. The van der Waals surface area contributed by atoms with Gasteiger partial charge in [-0.05, 0) is 25.7 Å². The molecule has 0 aromatic carbocycles. The Balaban J connectivity index is 2.01. The Morgan fingerprint density at radius 1 is 1.44 bits per heavy atom. The molecule has 2 N–H and O–H groups in total. The van der Waals surface area contributed by atoms with Crippen LogP contribution in [-0.4, -0.2) is 45.5 Å². The van der Waals surface area contributed by atoms with Gasteiger partial charge in [0.25, 0.3) is 0 Å². The number of ether oxygens (including phenoxy) is 2. The molecule has 1 aliphatic carbocycles. The maximum Gasteiger partial charge on any atom is 0.407 e. The van der Waals surface area contributed by atoms with Gasteiger partial charge in [-0.25, -0.2) is 4.79 Å². The highest BCUT2D eigenvalue weighted by molar-refractivity contribution is 5.66. The molecule has 1 atom stereocenters. The SMILES string of the molecule is CCOC(=O)NCCNC(COC)C1CC1. The third-order valence-electron chi connectivity index (χ3n) is 2.61. The highest BCUT2D eigenvalue weighted by atomic mass is 16.5. The normalized spacial score (nSPS) is 16.9. The molecular weight excluding hydrogens is 208 g/mol. The van der Waals surface area contributed by atoms with E-state index in [9.17, 15) is 4.79 Å². The summed E-state index contributed by atoms with van der Waals surface area (Å²) in [6.07, 6.45) is 2.22. The van der Waals surface area contributed by atoms with Crippen molar-refractivity contribution in [3.8, 4) is 0 Å². The van der Waals surface area contributed by atoms with Crippen molar-refractivity contribution in [3.63, 3.8) is 0 Å². The van der Waals surface area contributed by atoms with E-state index in [4.69, 9.17) is 9.47 Å². The summed E-state index contributed by atoms with van der Waals surface area (Å²) in [5.41, 5.74) is 0. The molecule has 0 spiro atoms. The third kappa shape index (κ3) is 5.32. The predicted molar refractivity (Wildman–Crippen MR) is 61.4 cm³/mol. The Kier molecular flexibility index (Phi) is 6.18. The van der Waals surface area contributed by atoms with Crippen molar-refractivity contribution in [2.45, 2.75) is 25.8 Å². The van der Waals surface area contributed by atoms with E-state index >= 15 is 0 Å². The molecule has 1 rings (SSSR count). The summed E-state index contributed by atoms with van der Waals surface area (Å²) >= 11 is 0. The van der Waals surface area contributed by atoms with Crippen molar-refractivity contribution < 1.29 is 14.3 Å². The summed E-state index contributed by atoms with van der Waals surface area (Å²) in [4.78, 5) is 11.0. The van der Waals surface area contributed by atoms with Gasteiger partial charge in [0, 0.05) is 26.2 Å². The number of alkyl carbamates (subject to hydrolysis) is 1. The topological polar surface area (TPSA) is 59.6 Å². The maximum absolute atomic E-state index is 11.0. The molecule has 1 aliphatic rings. The summed E-state index contributed by atoms with van der Waals surface area (Å²) in [5, 5.41) is 6.06. The van der Waals surface area contributed by atoms with Crippen LogP contribution in [0.5, 0.6) is 0 Å². The minimum absolute atomic E-state index is 0.348. The fraction of sp³-hybridized carbons (Fsp3) is 0.909. The molecule has 1 fully saturated rings. The summed E-state index contributed by atoms with van der Waals surface area (Å²) in [6.45, 7) is 4.28. The second-order valence-electron chi connectivity index (χ2n) is 4.00. The van der Waals surface area contributed by atoms with Crippen molar-refractivity contribution in [1.82, 2.24) is 10.6 Å². The number of methoxy groups -OCH3 is 1. The van der Waals surface area contributed by atoms with Crippen LogP contribution in [0.15, 0.2) is 0 Å². The fourth-order valence-electron chi connectivity index (χ4n) is 1.64. The highest BCUT2D eigenvalue weighted by Crippen LogP contribution is 2.32. The molecule has 1 unspecified atom stereocenters. The first-order chi connectivity index (χ1) is 7.77. The van der Waals surface area contributed by atoms with Crippen LogP contribution in [0.4, 0.5) is 4.79 Å². The number of nitrogens with one attached hydrogen (secondary N) is 2. The lowest BCUT2D eigenvalue weighted by Crippen LogP contribution is -2.40. The average molecular weight is 230 g/mol. The molecule has 0 radical (unpaired) electrons. The van der Waals surface area contributed by atoms with Crippen LogP contribution in [0, 0.1) is 5.92 Å². The minimum Gasteiger partial charge on any atom is -0.450 e. The second kappa shape index (κ2) is 7.46. The quantitative estimate of drug-likeness (QED) is 0.604. The van der Waals surface area contributed by atoms with E-state index in [0.717, 1.165) is 19.1 Å². The first-order valence-electron chi connectivity index (χ1n) is 5.90. The lowest BCUT2D eigenvalue weighted by atomic mass is 10.2. The summed E-state index contributed by atoms with van der Waals surface area (Å²) < 4.78 is 9.90. The fourth-order valence-corrected chi connectivity index (χ4v) is 1.64. The lowest BCUT2D eigenvalue weighted by molar-refractivity contribution is 0.149. The third-order valence-corrected chi connectivity index (χ3v) is 2.61. The number of hydrogen-bond acceptors (Lipinski definition) is 4. The molecular formula is C11H22N2O3. The van der Waals surface area contributed by atoms with E-state index in [2.05, 4.69) is 10.6 Å². The molecule has 5 nitrogen and oxygen atoms in total. The Labute approximate surface area is 96.9 Å². The summed E-state index contributed by atoms with van der Waals surface area (Å²) in [5.74, 6) is 0.752. The summed E-state index contributed by atoms with van der Waals surface area (Å²) in [7, 11) is 1.72. The predicted octanol–water partition coefficient (Wildman–Crippen LogP) is 0.747. The molecule has 94 valence electrons. The van der Waals surface area contributed by atoms with Gasteiger partial charge in [0.15, 0.2) is 0 Å². The van der Waals surface area contributed by atoms with E-state index < -0.39 is 0 Å². The molecule has 0 aromatic heterocycles. The maximum atomic E-state index is 11.0. The zero-order chi connectivity index (χ0) is 11.8. The van der Waals surface area contributed by atoms with Gasteiger partial charge in [0.1, 0.15) is 0 Å². The zero-order valence-corrected chi connectivity index (χ0v) is 10.1. The first kappa shape index (κ1) is 13.3. The highest BCUT2D eigenvalue weighted by Gasteiger charge is 2.30. The Hall–Kier alpha value is -0.810. The smallest absolute Gasteiger partial charge is 0.407 e. The van der Waals surface area contributed by atoms with E-state index in [-0.39, 0.29) is 6.09 Å². The Bertz CT molecular complexity index is 207. The van der Waals surface area contributed by atoms with Crippen LogP contribution >= 0.6 is 0 Å². The Morgan fingerprint density at radius 2 is 2.19 bits per heavy atom. The van der Waals surface area contributed by atoms with Crippen molar-refractivity contribution in [1.29, 1.82) is 0 Å². The van der Waals surface area contributed by atoms with Gasteiger partial charge in [0.2, 0.25) is 0 Å². The first-order valence-corrected chi connectivity index (χ1v) is 5.90. The summed E-state index contributed by atoms with van der Waals surface area (Å²) in [6, 6.07) is 0.425. The van der Waals surface area contributed by atoms with E-state index in [1.807, 2.05) is 0 Å². The number of rotatable bonds is 8. The molecule has 0 saturated heterocycles. The van der Waals surface area contributed by atoms with Crippen molar-refractivity contribution in [3.05, 3.63) is 0 Å². The van der Waals surface area contributed by atoms with Crippen LogP contribution in [0.25, 0.3) is 0 Å². The van der Waals surface area contributed by atoms with Crippen LogP contribution < -0.4 is 10.6 Å². The van der Waals surface area contributed by atoms with Gasteiger partial charge in [0.05, 0.1) is 13.2 Å². The largest absolute Gasteiger partial charge is 0.450 e. The van der Waals surface area contributed by atoms with Gasteiger partial charge in [-0.3, -0.25) is 0 Å². The van der Waals surface area contributed by atoms with Crippen molar-refractivity contribution in [2.24, 2.45) is 5.92 Å². The van der Waals surface area contributed by atoms with Crippen molar-refractivity contribution in [2.75, 3.05) is 33.4 Å². The van der Waals surface area contributed by atoms with E-state index in [1.165, 1.54) is 12.8 Å². The van der Waals surface area contributed by atoms with Crippen LogP contribution in [-0.2, 0) is 9.47 Å². The van der Waals surface area contributed by atoms with Gasteiger partial charge >= 0.3 is 6.09 Å². The number of carbonyl (C=O) groups is 1. The Morgan fingerprint density at radius 3 is 2.75 bits per heavy atom. The molecule has 1 saturated carbocycles. The molecule has 5 heteroatoms. The molecule has 0 aromatic rings. The monoisotopic (exact) mass is 230 g/mol. The second-order valence-corrected chi connectivity index (χ2v) is 4.00. The molecule has 0 aliphatic heterocycles. The van der Waals surface area contributed by atoms with Crippen LogP contribution in [0.1, 0.15) is 19.8 Å². The average Bonchev–Trinajstić information content (AvgIpc) is 3.07. The molecule has 16 heavy (non-hydrogen) atoms. The number of hydrogen-bond donors (Lipinski definition) is 2. The minimum atomic E-state index is -0.348. The van der Waals surface area contributed by atoms with E-state index in [0.29, 0.717) is 19.2 Å². The molecule has 1 amide bonds. The van der Waals surface area contributed by atoms with Crippen LogP contribution in [0.3, 0.4) is 0 Å². The zero-order valence-electron chi connectivity index (χ0n) is 10.1. The van der Waals surface area contributed by atoms with Crippen LogP contribution in [0.2, 0.25) is 0 Å². The molecule has 0 heterocycles. The number of amides is 1. The van der Waals surface area contributed by atoms with Gasteiger partial charge in [-0.2, -0.15) is 0 Å². The standard InChI is InChI=1S/C11H22N2O3/c1-3-16-11(14)13-7-6-12-10(8-15-2)9-4-5-9/h9-10,12H,3-8H2,1-2H3,(H,13,14). The van der Waals surface area contributed by atoms with Gasteiger partial charge in [-0.1, -0.05) is 0 Å². The van der Waals surface area contributed by atoms with Gasteiger partial charge < -0.3 is 20.1 Å². The lowest BCUT2D eigenvalue weighted by Gasteiger charge is -2.17. The van der Waals surface area contributed by atoms with Gasteiger partial charge in [-0.15, -0.1) is 0 Å². The van der Waals surface area contributed by atoms with Crippen molar-refractivity contribution >= 4 is 6.09 Å².